The molecule has 0 saturated heterocycles. The Bertz CT molecular complexity index is 1490. The van der Waals surface area contributed by atoms with Crippen molar-refractivity contribution in [2.24, 2.45) is 0 Å². The number of hydrogen-bond acceptors (Lipinski definition) is 2. The van der Waals surface area contributed by atoms with Crippen molar-refractivity contribution in [2.45, 2.75) is 96.2 Å². The highest BCUT2D eigenvalue weighted by Gasteiger charge is 2.45. The molecule has 1 N–H and O–H groups in total. The lowest BCUT2D eigenvalue weighted by atomic mass is 9.77. The van der Waals surface area contributed by atoms with Crippen LogP contribution in [0.15, 0.2) is 59.9 Å². The van der Waals surface area contributed by atoms with E-state index in [1.165, 1.54) is 74.8 Å². The first-order chi connectivity index (χ1) is 18.6. The second-order valence-electron chi connectivity index (χ2n) is 12.0. The third kappa shape index (κ3) is 3.42. The third-order valence-electron chi connectivity index (χ3n) is 10.00. The number of rotatable bonds is 3. The van der Waals surface area contributed by atoms with Crippen molar-refractivity contribution in [3.8, 4) is 0 Å². The van der Waals surface area contributed by atoms with Crippen LogP contribution in [0.5, 0.6) is 0 Å². The number of carbonyl (C=O) groups excluding carboxylic acids is 1. The molecular weight excluding hydrogens is 468 g/mol. The van der Waals surface area contributed by atoms with Crippen molar-refractivity contribution in [1.82, 2.24) is 4.57 Å². The summed E-state index contributed by atoms with van der Waals surface area (Å²) >= 11 is 0. The van der Waals surface area contributed by atoms with E-state index in [2.05, 4.69) is 60.9 Å². The van der Waals surface area contributed by atoms with Gasteiger partial charge >= 0.3 is 0 Å². The van der Waals surface area contributed by atoms with Gasteiger partial charge in [-0.2, -0.15) is 0 Å². The molecule has 3 aromatic rings. The van der Waals surface area contributed by atoms with Gasteiger partial charge in [-0.25, -0.2) is 0 Å². The summed E-state index contributed by atoms with van der Waals surface area (Å²) in [7, 11) is 0. The van der Waals surface area contributed by atoms with Crippen LogP contribution in [0.25, 0.3) is 22.0 Å². The van der Waals surface area contributed by atoms with Gasteiger partial charge in [0.2, 0.25) is 0 Å². The standard InChI is InChI=1S/C34H38N2O2/c1-21-29(25-17-9-11-19-27(25)35(21)23-13-5-3-6-14-23)31-33(37)32(34(31)38)30-22(2)36(24-15-7-4-8-16-24)28-20-12-10-18-26(28)30/h9-12,17-21,23-24,37H,3-8,13-16H2,1-2H3. The molecule has 0 bridgehead atoms. The molecule has 4 heteroatoms. The zero-order chi connectivity index (χ0) is 26.0. The van der Waals surface area contributed by atoms with Crippen LogP contribution in [0.2, 0.25) is 0 Å². The fraction of sp³-hybridized carbons (Fsp3) is 0.441. The first kappa shape index (κ1) is 24.0. The SMILES string of the molecule is Cc1c(C2=C([O-])C(=C3c4ccccc4[NH+](C4CCCCC4)C3C)C2=O)c2ccccc2n1C1CCCCC1. The maximum atomic E-state index is 14.0. The molecule has 196 valence electrons. The number of allylic oxidation sites excluding steroid dienone is 2. The maximum Gasteiger partial charge on any atom is 0.193 e. The van der Waals surface area contributed by atoms with E-state index < -0.39 is 0 Å². The number of ketones is 1. The quantitative estimate of drug-likeness (QED) is 0.456. The molecule has 2 unspecified atom stereocenters. The Morgan fingerprint density at radius 1 is 0.842 bits per heavy atom. The van der Waals surface area contributed by atoms with Crippen LogP contribution >= 0.6 is 0 Å². The van der Waals surface area contributed by atoms with Crippen LogP contribution in [-0.4, -0.2) is 22.4 Å². The van der Waals surface area contributed by atoms with Crippen molar-refractivity contribution < 1.29 is 14.8 Å². The molecular formula is C34H38N2O2. The summed E-state index contributed by atoms with van der Waals surface area (Å²) in [4.78, 5) is 15.5. The topological polar surface area (TPSA) is 49.5 Å². The fourth-order valence-electron chi connectivity index (χ4n) is 8.31. The molecule has 1 aromatic heterocycles. The minimum Gasteiger partial charge on any atom is -0.871 e. The number of fused-ring (bicyclic) bond motifs is 2. The average Bonchev–Trinajstić information content (AvgIpc) is 3.40. The monoisotopic (exact) mass is 506 g/mol. The van der Waals surface area contributed by atoms with E-state index in [9.17, 15) is 9.90 Å². The lowest BCUT2D eigenvalue weighted by Crippen LogP contribution is -3.13. The molecule has 2 aromatic carbocycles. The Morgan fingerprint density at radius 2 is 1.50 bits per heavy atom. The third-order valence-corrected chi connectivity index (χ3v) is 10.00. The van der Waals surface area contributed by atoms with Gasteiger partial charge in [-0.1, -0.05) is 61.8 Å². The van der Waals surface area contributed by atoms with Gasteiger partial charge in [-0.3, -0.25) is 9.69 Å². The molecule has 2 heterocycles. The van der Waals surface area contributed by atoms with E-state index in [1.54, 1.807) is 0 Å². The van der Waals surface area contributed by atoms with Crippen molar-refractivity contribution in [3.63, 3.8) is 0 Å². The Morgan fingerprint density at radius 3 is 2.24 bits per heavy atom. The van der Waals surface area contributed by atoms with Crippen molar-refractivity contribution in [2.75, 3.05) is 0 Å². The largest absolute Gasteiger partial charge is 0.871 e. The molecule has 0 spiro atoms. The molecule has 7 rings (SSSR count). The molecule has 4 aliphatic rings. The molecule has 2 fully saturated rings. The van der Waals surface area contributed by atoms with Gasteiger partial charge < -0.3 is 9.67 Å². The Labute approximate surface area is 225 Å². The first-order valence-corrected chi connectivity index (χ1v) is 14.8. The van der Waals surface area contributed by atoms with E-state index in [0.29, 0.717) is 23.2 Å². The van der Waals surface area contributed by atoms with E-state index in [-0.39, 0.29) is 17.6 Å². The maximum absolute atomic E-state index is 14.0. The number of aromatic nitrogens is 1. The normalized spacial score (nSPS) is 26.7. The number of hydrogen-bond donors (Lipinski definition) is 1. The van der Waals surface area contributed by atoms with E-state index in [0.717, 1.165) is 33.3 Å². The lowest BCUT2D eigenvalue weighted by molar-refractivity contribution is -0.873. The Hall–Kier alpha value is -3.11. The molecule has 38 heavy (non-hydrogen) atoms. The summed E-state index contributed by atoms with van der Waals surface area (Å²) in [6.07, 6.45) is 12.4. The summed E-state index contributed by atoms with van der Waals surface area (Å²) in [5.74, 6) is -0.0996. The summed E-state index contributed by atoms with van der Waals surface area (Å²) in [5.41, 5.74) is 7.33. The van der Waals surface area contributed by atoms with Crippen molar-refractivity contribution in [1.29, 1.82) is 0 Å². The Balaban J connectivity index is 1.37. The number of nitrogens with zero attached hydrogens (tertiary/aromatic N) is 1. The second-order valence-corrected chi connectivity index (χ2v) is 12.0. The molecule has 3 aliphatic carbocycles. The second kappa shape index (κ2) is 9.27. The van der Waals surface area contributed by atoms with Gasteiger partial charge in [-0.05, 0) is 70.6 Å². The van der Waals surface area contributed by atoms with Gasteiger partial charge in [0.25, 0.3) is 0 Å². The smallest absolute Gasteiger partial charge is 0.193 e. The minimum atomic E-state index is -0.0498. The molecule has 1 aliphatic heterocycles. The summed E-state index contributed by atoms with van der Waals surface area (Å²) < 4.78 is 2.44. The molecule has 0 amide bonds. The van der Waals surface area contributed by atoms with Gasteiger partial charge in [0.1, 0.15) is 11.7 Å². The summed E-state index contributed by atoms with van der Waals surface area (Å²) in [5, 5.41) is 15.1. The van der Waals surface area contributed by atoms with Crippen LogP contribution in [0.4, 0.5) is 5.69 Å². The number of nitrogens with one attached hydrogen (secondary N) is 1. The molecule has 4 nitrogen and oxygen atoms in total. The van der Waals surface area contributed by atoms with Gasteiger partial charge in [0.15, 0.2) is 5.78 Å². The van der Waals surface area contributed by atoms with Gasteiger partial charge in [0, 0.05) is 50.5 Å². The molecule has 2 saturated carbocycles. The van der Waals surface area contributed by atoms with E-state index in [4.69, 9.17) is 0 Å². The zero-order valence-corrected chi connectivity index (χ0v) is 22.7. The number of para-hydroxylation sites is 2. The van der Waals surface area contributed by atoms with Crippen LogP contribution in [0, 0.1) is 6.92 Å². The van der Waals surface area contributed by atoms with Crippen molar-refractivity contribution >= 4 is 33.5 Å². The number of benzene rings is 2. The highest BCUT2D eigenvalue weighted by molar-refractivity contribution is 6.42. The summed E-state index contributed by atoms with van der Waals surface area (Å²) in [6.45, 7) is 4.34. The fourth-order valence-corrected chi connectivity index (χ4v) is 8.31. The Kier molecular flexibility index (Phi) is 5.85. The van der Waals surface area contributed by atoms with Gasteiger partial charge in [0.05, 0.1) is 6.04 Å². The number of carbonyl (C=O) groups is 1. The highest BCUT2D eigenvalue weighted by Crippen LogP contribution is 2.47. The predicted molar refractivity (Wildman–Crippen MR) is 151 cm³/mol. The van der Waals surface area contributed by atoms with Crippen LogP contribution in [0.1, 0.15) is 94.0 Å². The summed E-state index contributed by atoms with van der Waals surface area (Å²) in [6, 6.07) is 18.0. The number of Topliss-reactive ketones (excluding diaryl/α,β-unsaturated/α-hetero) is 1. The zero-order valence-electron chi connectivity index (χ0n) is 22.7. The molecule has 2 atom stereocenters. The first-order valence-electron chi connectivity index (χ1n) is 14.8. The van der Waals surface area contributed by atoms with E-state index >= 15 is 0 Å². The van der Waals surface area contributed by atoms with Crippen LogP contribution < -0.4 is 10.0 Å². The predicted octanol–water partition coefficient (Wildman–Crippen LogP) is 5.81. The van der Waals surface area contributed by atoms with Crippen LogP contribution in [-0.2, 0) is 4.79 Å². The van der Waals surface area contributed by atoms with Crippen LogP contribution in [0.3, 0.4) is 0 Å². The van der Waals surface area contributed by atoms with Crippen molar-refractivity contribution in [3.05, 3.63) is 76.7 Å². The average molecular weight is 507 g/mol. The van der Waals surface area contributed by atoms with E-state index in [1.807, 2.05) is 6.07 Å². The lowest BCUT2D eigenvalue weighted by Gasteiger charge is -2.35. The number of quaternary nitrogens is 1. The van der Waals surface area contributed by atoms with Gasteiger partial charge in [-0.15, -0.1) is 0 Å². The highest BCUT2D eigenvalue weighted by atomic mass is 16.3. The minimum absolute atomic E-state index is 0.0498. The molecule has 0 radical (unpaired) electrons.